The minimum atomic E-state index is -0.815. The molecular formula is C26H17Cl2N3O5S. The maximum Gasteiger partial charge on any atom is 0.271 e. The van der Waals surface area contributed by atoms with Crippen molar-refractivity contribution in [1.82, 2.24) is 4.57 Å². The van der Waals surface area contributed by atoms with Gasteiger partial charge >= 0.3 is 0 Å². The van der Waals surface area contributed by atoms with E-state index < -0.39 is 11.0 Å². The number of hydrogen-bond acceptors (Lipinski definition) is 7. The van der Waals surface area contributed by atoms with E-state index in [9.17, 15) is 19.7 Å². The number of nitro benzene ring substituents is 1. The van der Waals surface area contributed by atoms with Crippen LogP contribution in [0.25, 0.3) is 17.4 Å². The molecule has 0 spiro atoms. The van der Waals surface area contributed by atoms with E-state index in [0.717, 1.165) is 0 Å². The van der Waals surface area contributed by atoms with Crippen LogP contribution >= 0.6 is 34.5 Å². The van der Waals surface area contributed by atoms with E-state index in [2.05, 4.69) is 4.99 Å². The molecule has 4 aromatic rings. The van der Waals surface area contributed by atoms with Crippen LogP contribution < -0.4 is 14.9 Å². The number of aromatic nitrogens is 1. The number of ketones is 1. The van der Waals surface area contributed by atoms with Crippen molar-refractivity contribution in [2.45, 2.75) is 19.9 Å². The SMILES string of the molecule is CC(=O)C1=C(C)N=c2s/c(=C/c3ccc([N+](=O)[O-])cc3)c(=O)n2[C@H]1c1ccc(-c2ccc(Cl)c(Cl)c2)o1. The summed E-state index contributed by atoms with van der Waals surface area (Å²) < 4.78 is 7.96. The molecule has 0 saturated heterocycles. The molecule has 0 saturated carbocycles. The Kier molecular flexibility index (Phi) is 6.45. The van der Waals surface area contributed by atoms with E-state index in [1.54, 1.807) is 55.5 Å². The fourth-order valence-electron chi connectivity index (χ4n) is 4.19. The number of thiazole rings is 1. The summed E-state index contributed by atoms with van der Waals surface area (Å²) >= 11 is 13.4. The van der Waals surface area contributed by atoms with E-state index in [0.29, 0.717) is 53.3 Å². The molecule has 0 bridgehead atoms. The molecule has 0 radical (unpaired) electrons. The molecule has 1 aliphatic heterocycles. The lowest BCUT2D eigenvalue weighted by Gasteiger charge is -2.22. The van der Waals surface area contributed by atoms with Crippen LogP contribution in [-0.2, 0) is 4.79 Å². The summed E-state index contributed by atoms with van der Waals surface area (Å²) in [6.07, 6.45) is 1.64. The monoisotopic (exact) mass is 553 g/mol. The Hall–Kier alpha value is -3.79. The standard InChI is InChI=1S/C26H17Cl2N3O5S/c1-13-23(14(2)32)24(21-10-9-20(36-21)16-5-8-18(27)19(28)12-16)30-25(33)22(37-26(30)29-13)11-15-3-6-17(7-4-15)31(34)35/h3-12,24H,1-2H3/b22-11+/t24-/m0/s1. The van der Waals surface area contributed by atoms with Gasteiger partial charge in [0.2, 0.25) is 0 Å². The highest BCUT2D eigenvalue weighted by Gasteiger charge is 2.33. The molecule has 2 aromatic carbocycles. The number of nitrogens with zero attached hydrogens (tertiary/aromatic N) is 3. The van der Waals surface area contributed by atoms with Crippen molar-refractivity contribution in [3.05, 3.63) is 117 Å². The van der Waals surface area contributed by atoms with E-state index >= 15 is 0 Å². The fourth-order valence-corrected chi connectivity index (χ4v) is 5.53. The highest BCUT2D eigenvalue weighted by molar-refractivity contribution is 7.07. The lowest BCUT2D eigenvalue weighted by atomic mass is 9.98. The molecule has 2 aromatic heterocycles. The third-order valence-electron chi connectivity index (χ3n) is 5.90. The number of allylic oxidation sites excluding steroid dienone is 2. The molecule has 3 heterocycles. The summed E-state index contributed by atoms with van der Waals surface area (Å²) in [5.41, 5.74) is 1.75. The van der Waals surface area contributed by atoms with Gasteiger partial charge in [-0.05, 0) is 68.0 Å². The van der Waals surface area contributed by atoms with Gasteiger partial charge in [-0.2, -0.15) is 0 Å². The number of carbonyl (C=O) groups is 1. The van der Waals surface area contributed by atoms with E-state index in [1.165, 1.54) is 35.0 Å². The number of furan rings is 1. The Bertz CT molecular complexity index is 1800. The molecule has 0 aliphatic carbocycles. The number of benzene rings is 2. The molecule has 186 valence electrons. The lowest BCUT2D eigenvalue weighted by molar-refractivity contribution is -0.384. The Labute approximate surface area is 223 Å². The number of fused-ring (bicyclic) bond motifs is 1. The third-order valence-corrected chi connectivity index (χ3v) is 7.63. The average molecular weight is 554 g/mol. The van der Waals surface area contributed by atoms with Crippen molar-refractivity contribution in [1.29, 1.82) is 0 Å². The Morgan fingerprint density at radius 1 is 1.14 bits per heavy atom. The third kappa shape index (κ3) is 4.57. The smallest absolute Gasteiger partial charge is 0.271 e. The van der Waals surface area contributed by atoms with Crippen LogP contribution in [0.2, 0.25) is 10.0 Å². The van der Waals surface area contributed by atoms with Crippen LogP contribution in [0.5, 0.6) is 0 Å². The van der Waals surface area contributed by atoms with Gasteiger partial charge in [0, 0.05) is 29.0 Å². The van der Waals surface area contributed by atoms with Gasteiger partial charge in [0.05, 0.1) is 19.5 Å². The Balaban J connectivity index is 1.65. The number of halogens is 2. The highest BCUT2D eigenvalue weighted by Crippen LogP contribution is 2.35. The molecule has 37 heavy (non-hydrogen) atoms. The number of Topliss-reactive ketones (excluding diaryl/α,β-unsaturated/α-hetero) is 1. The van der Waals surface area contributed by atoms with Crippen molar-refractivity contribution in [2.75, 3.05) is 0 Å². The maximum absolute atomic E-state index is 13.6. The molecule has 1 aliphatic rings. The first-order chi connectivity index (χ1) is 17.6. The van der Waals surface area contributed by atoms with Gasteiger partial charge in [-0.3, -0.25) is 24.3 Å². The summed E-state index contributed by atoms with van der Waals surface area (Å²) in [5, 5.41) is 11.7. The second kappa shape index (κ2) is 9.59. The van der Waals surface area contributed by atoms with Gasteiger partial charge in [0.25, 0.3) is 11.2 Å². The van der Waals surface area contributed by atoms with Crippen LogP contribution in [0.3, 0.4) is 0 Å². The zero-order chi connectivity index (χ0) is 26.4. The number of non-ortho nitro benzene ring substituents is 1. The normalized spacial score (nSPS) is 15.5. The average Bonchev–Trinajstić information content (AvgIpc) is 3.45. The first-order valence-electron chi connectivity index (χ1n) is 11.0. The molecule has 0 fully saturated rings. The van der Waals surface area contributed by atoms with Gasteiger partial charge in [-0.15, -0.1) is 0 Å². The number of hydrogen-bond donors (Lipinski definition) is 0. The topological polar surface area (TPSA) is 108 Å². The van der Waals surface area contributed by atoms with Crippen molar-refractivity contribution >= 4 is 52.1 Å². The summed E-state index contributed by atoms with van der Waals surface area (Å²) in [6.45, 7) is 3.15. The van der Waals surface area contributed by atoms with E-state index in [1.807, 2.05) is 0 Å². The van der Waals surface area contributed by atoms with Gasteiger partial charge in [0.1, 0.15) is 17.6 Å². The molecular weight excluding hydrogens is 537 g/mol. The predicted octanol–water partition coefficient (Wildman–Crippen LogP) is 5.30. The molecule has 0 unspecified atom stereocenters. The zero-order valence-corrected chi connectivity index (χ0v) is 21.7. The molecule has 8 nitrogen and oxygen atoms in total. The van der Waals surface area contributed by atoms with Crippen LogP contribution in [-0.4, -0.2) is 15.3 Å². The largest absolute Gasteiger partial charge is 0.458 e. The molecule has 0 N–H and O–H groups in total. The number of carbonyl (C=O) groups excluding carboxylic acids is 1. The molecule has 1 atom stereocenters. The highest BCUT2D eigenvalue weighted by atomic mass is 35.5. The summed E-state index contributed by atoms with van der Waals surface area (Å²) in [7, 11) is 0. The van der Waals surface area contributed by atoms with Crippen molar-refractivity contribution in [2.24, 2.45) is 4.99 Å². The first-order valence-corrected chi connectivity index (χ1v) is 12.5. The second-order valence-electron chi connectivity index (χ2n) is 8.32. The Morgan fingerprint density at radius 2 is 1.86 bits per heavy atom. The fraction of sp³-hybridized carbons (Fsp3) is 0.115. The van der Waals surface area contributed by atoms with Gasteiger partial charge in [-0.1, -0.05) is 34.5 Å². The van der Waals surface area contributed by atoms with Crippen molar-refractivity contribution in [3.63, 3.8) is 0 Å². The van der Waals surface area contributed by atoms with Crippen LogP contribution in [0.4, 0.5) is 5.69 Å². The maximum atomic E-state index is 13.6. The number of nitro groups is 1. The van der Waals surface area contributed by atoms with Crippen molar-refractivity contribution < 1.29 is 14.1 Å². The van der Waals surface area contributed by atoms with Crippen molar-refractivity contribution in [3.8, 4) is 11.3 Å². The zero-order valence-electron chi connectivity index (χ0n) is 19.4. The van der Waals surface area contributed by atoms with Gasteiger partial charge in [0.15, 0.2) is 10.6 Å². The molecule has 5 rings (SSSR count). The molecule has 11 heteroatoms. The van der Waals surface area contributed by atoms with Crippen LogP contribution in [0.15, 0.2) is 80.1 Å². The second-order valence-corrected chi connectivity index (χ2v) is 10.1. The minimum Gasteiger partial charge on any atom is -0.458 e. The first kappa shape index (κ1) is 24.9. The minimum absolute atomic E-state index is 0.0454. The molecule has 0 amide bonds. The van der Waals surface area contributed by atoms with Crippen LogP contribution in [0.1, 0.15) is 31.2 Å². The summed E-state index contributed by atoms with van der Waals surface area (Å²) in [5.74, 6) is 0.658. The van der Waals surface area contributed by atoms with Gasteiger partial charge in [-0.25, -0.2) is 4.99 Å². The van der Waals surface area contributed by atoms with E-state index in [-0.39, 0.29) is 17.0 Å². The van der Waals surface area contributed by atoms with Crippen LogP contribution in [0, 0.1) is 10.1 Å². The number of rotatable bonds is 5. The predicted molar refractivity (Wildman–Crippen MR) is 142 cm³/mol. The van der Waals surface area contributed by atoms with E-state index in [4.69, 9.17) is 27.6 Å². The summed E-state index contributed by atoms with van der Waals surface area (Å²) in [6, 6.07) is 13.6. The van der Waals surface area contributed by atoms with Gasteiger partial charge < -0.3 is 4.42 Å². The summed E-state index contributed by atoms with van der Waals surface area (Å²) in [4.78, 5) is 41.7. The Morgan fingerprint density at radius 3 is 2.51 bits per heavy atom. The lowest BCUT2D eigenvalue weighted by Crippen LogP contribution is -2.39. The quantitative estimate of drug-likeness (QED) is 0.246.